The van der Waals surface area contributed by atoms with Crippen LogP contribution in [0.25, 0.3) is 11.0 Å². The maximum absolute atomic E-state index is 13.6. The smallest absolute Gasteiger partial charge is 0.290 e. The van der Waals surface area contributed by atoms with Crippen molar-refractivity contribution in [2.45, 2.75) is 17.5 Å². The third-order valence-corrected chi connectivity index (χ3v) is 5.61. The van der Waals surface area contributed by atoms with Crippen molar-refractivity contribution in [2.24, 2.45) is 0 Å². The van der Waals surface area contributed by atoms with E-state index in [1.807, 2.05) is 42.5 Å². The van der Waals surface area contributed by atoms with Crippen LogP contribution in [0.4, 0.5) is 0 Å². The van der Waals surface area contributed by atoms with Gasteiger partial charge in [-0.1, -0.05) is 36.0 Å². The predicted molar refractivity (Wildman–Crippen MR) is 119 cm³/mol. The molecule has 0 saturated carbocycles. The Morgan fingerprint density at radius 1 is 1.03 bits per heavy atom. The zero-order valence-corrected chi connectivity index (χ0v) is 17.9. The lowest BCUT2D eigenvalue weighted by molar-refractivity contribution is 0.0648. The first-order valence-corrected chi connectivity index (χ1v) is 10.8. The number of fused-ring (bicyclic) bond motifs is 1. The highest BCUT2D eigenvalue weighted by Crippen LogP contribution is 2.32. The van der Waals surface area contributed by atoms with E-state index in [0.29, 0.717) is 41.9 Å². The molecule has 3 aromatic heterocycles. The van der Waals surface area contributed by atoms with Crippen LogP contribution in [0.3, 0.4) is 0 Å². The number of benzene rings is 1. The lowest BCUT2D eigenvalue weighted by Gasteiger charge is -2.21. The third-order valence-electron chi connectivity index (χ3n) is 4.71. The minimum Gasteiger partial charge on any atom is -0.451 e. The van der Waals surface area contributed by atoms with Gasteiger partial charge in [-0.3, -0.25) is 9.78 Å². The fourth-order valence-electron chi connectivity index (χ4n) is 3.20. The number of rotatable bonds is 9. The molecule has 1 aromatic carbocycles. The Bertz CT molecular complexity index is 1140. The van der Waals surface area contributed by atoms with E-state index in [1.54, 1.807) is 36.7 Å². The first-order valence-electron chi connectivity index (χ1n) is 9.84. The number of nitrogens with zero attached hydrogens (tertiary/aromatic N) is 4. The number of para-hydroxylation sites is 1. The van der Waals surface area contributed by atoms with Gasteiger partial charge in [-0.15, -0.1) is 0 Å². The van der Waals surface area contributed by atoms with Crippen molar-refractivity contribution in [1.29, 1.82) is 0 Å². The molecule has 0 fully saturated rings. The number of pyridine rings is 1. The molecule has 4 rings (SSSR count). The second-order valence-corrected chi connectivity index (χ2v) is 7.71. The minimum atomic E-state index is -0.191. The maximum atomic E-state index is 13.6. The molecule has 0 radical (unpaired) electrons. The van der Waals surface area contributed by atoms with Crippen molar-refractivity contribution < 1.29 is 13.9 Å². The summed E-state index contributed by atoms with van der Waals surface area (Å²) in [7, 11) is 1.62. The van der Waals surface area contributed by atoms with E-state index >= 15 is 0 Å². The lowest BCUT2D eigenvalue weighted by Crippen LogP contribution is -2.34. The maximum Gasteiger partial charge on any atom is 0.290 e. The Hall–Kier alpha value is -3.23. The molecule has 7 nitrogen and oxygen atoms in total. The van der Waals surface area contributed by atoms with E-state index in [4.69, 9.17) is 9.15 Å². The van der Waals surface area contributed by atoms with Gasteiger partial charge in [0.25, 0.3) is 5.91 Å². The summed E-state index contributed by atoms with van der Waals surface area (Å²) < 4.78 is 11.3. The molecule has 3 heterocycles. The number of carbonyl (C=O) groups is 1. The first-order chi connectivity index (χ1) is 15.3. The number of hydrogen-bond donors (Lipinski definition) is 0. The van der Waals surface area contributed by atoms with E-state index in [0.717, 1.165) is 16.6 Å². The van der Waals surface area contributed by atoms with Gasteiger partial charge in [-0.05, 0) is 24.3 Å². The Balaban J connectivity index is 1.66. The van der Waals surface area contributed by atoms with E-state index in [2.05, 4.69) is 15.0 Å². The molecule has 0 aliphatic carbocycles. The van der Waals surface area contributed by atoms with Crippen molar-refractivity contribution >= 4 is 28.6 Å². The van der Waals surface area contributed by atoms with Gasteiger partial charge in [-0.25, -0.2) is 9.97 Å². The van der Waals surface area contributed by atoms with Gasteiger partial charge in [0, 0.05) is 48.9 Å². The largest absolute Gasteiger partial charge is 0.451 e. The second-order valence-electron chi connectivity index (χ2n) is 6.77. The van der Waals surface area contributed by atoms with Crippen LogP contribution in [0.15, 0.2) is 76.7 Å². The van der Waals surface area contributed by atoms with Crippen molar-refractivity contribution in [1.82, 2.24) is 19.9 Å². The number of carbonyl (C=O) groups excluding carboxylic acids is 1. The van der Waals surface area contributed by atoms with Crippen LogP contribution in [-0.2, 0) is 17.0 Å². The SMILES string of the molecule is COCCN(Cc1ccccn1)C(=O)c1oc2ccccc2c1CSc1ncccn1. The Labute approximate surface area is 184 Å². The molecule has 0 atom stereocenters. The Morgan fingerprint density at radius 3 is 2.58 bits per heavy atom. The van der Waals surface area contributed by atoms with Crippen LogP contribution in [0.2, 0.25) is 0 Å². The number of amides is 1. The summed E-state index contributed by atoms with van der Waals surface area (Å²) in [5.74, 6) is 0.657. The molecule has 0 N–H and O–H groups in total. The summed E-state index contributed by atoms with van der Waals surface area (Å²) >= 11 is 1.47. The fourth-order valence-corrected chi connectivity index (χ4v) is 4.03. The molecule has 31 heavy (non-hydrogen) atoms. The van der Waals surface area contributed by atoms with E-state index in [9.17, 15) is 4.79 Å². The molecule has 0 bridgehead atoms. The summed E-state index contributed by atoms with van der Waals surface area (Å²) in [5, 5.41) is 1.56. The summed E-state index contributed by atoms with van der Waals surface area (Å²) in [4.78, 5) is 28.2. The molecule has 4 aromatic rings. The van der Waals surface area contributed by atoms with Crippen LogP contribution in [0.1, 0.15) is 21.8 Å². The van der Waals surface area contributed by atoms with E-state index < -0.39 is 0 Å². The van der Waals surface area contributed by atoms with Crippen molar-refractivity contribution in [2.75, 3.05) is 20.3 Å². The molecule has 1 amide bonds. The van der Waals surface area contributed by atoms with Gasteiger partial charge in [0.2, 0.25) is 0 Å². The number of hydrogen-bond acceptors (Lipinski definition) is 7. The quantitative estimate of drug-likeness (QED) is 0.288. The summed E-state index contributed by atoms with van der Waals surface area (Å²) in [6.45, 7) is 1.21. The minimum absolute atomic E-state index is 0.191. The van der Waals surface area contributed by atoms with Gasteiger partial charge < -0.3 is 14.1 Å². The highest BCUT2D eigenvalue weighted by Gasteiger charge is 2.26. The van der Waals surface area contributed by atoms with Gasteiger partial charge in [-0.2, -0.15) is 0 Å². The van der Waals surface area contributed by atoms with Gasteiger partial charge in [0.05, 0.1) is 18.8 Å². The number of furan rings is 1. The highest BCUT2D eigenvalue weighted by molar-refractivity contribution is 7.98. The summed E-state index contributed by atoms with van der Waals surface area (Å²) in [5.41, 5.74) is 2.32. The van der Waals surface area contributed by atoms with Crippen LogP contribution >= 0.6 is 11.8 Å². The first kappa shape index (κ1) is 21.0. The third kappa shape index (κ3) is 5.10. The van der Waals surface area contributed by atoms with Gasteiger partial charge >= 0.3 is 0 Å². The van der Waals surface area contributed by atoms with Crippen molar-refractivity contribution in [3.63, 3.8) is 0 Å². The number of methoxy groups -OCH3 is 1. The summed E-state index contributed by atoms with van der Waals surface area (Å²) in [6.07, 6.45) is 5.12. The Morgan fingerprint density at radius 2 is 1.81 bits per heavy atom. The lowest BCUT2D eigenvalue weighted by atomic mass is 10.1. The van der Waals surface area contributed by atoms with Crippen LogP contribution in [0.5, 0.6) is 0 Å². The van der Waals surface area contributed by atoms with Crippen molar-refractivity contribution in [3.05, 3.63) is 84.1 Å². The number of thioether (sulfide) groups is 1. The molecular weight excluding hydrogens is 412 g/mol. The highest BCUT2D eigenvalue weighted by atomic mass is 32.2. The van der Waals surface area contributed by atoms with Crippen LogP contribution in [-0.4, -0.2) is 46.0 Å². The average Bonchev–Trinajstić information content (AvgIpc) is 3.20. The zero-order valence-electron chi connectivity index (χ0n) is 17.1. The molecule has 8 heteroatoms. The Kier molecular flexibility index (Phi) is 6.91. The number of ether oxygens (including phenoxy) is 1. The monoisotopic (exact) mass is 434 g/mol. The molecule has 0 unspecified atom stereocenters. The van der Waals surface area contributed by atoms with Crippen molar-refractivity contribution in [3.8, 4) is 0 Å². The average molecular weight is 435 g/mol. The molecule has 0 spiro atoms. The standard InChI is InChI=1S/C23H22N4O3S/c1-29-14-13-27(15-17-7-4-5-10-24-17)22(28)21-19(16-31-23-25-11-6-12-26-23)18-8-2-3-9-20(18)30-21/h2-12H,13-16H2,1H3. The zero-order chi connectivity index (χ0) is 21.5. The second kappa shape index (κ2) is 10.2. The van der Waals surface area contributed by atoms with Crippen LogP contribution in [0, 0.1) is 0 Å². The molecule has 0 aliphatic rings. The topological polar surface area (TPSA) is 81.4 Å². The van der Waals surface area contributed by atoms with Gasteiger partial charge in [0.1, 0.15) is 5.58 Å². The van der Waals surface area contributed by atoms with E-state index in [-0.39, 0.29) is 5.91 Å². The number of aromatic nitrogens is 3. The summed E-state index contributed by atoms with van der Waals surface area (Å²) in [6, 6.07) is 15.1. The molecular formula is C23H22N4O3S. The van der Waals surface area contributed by atoms with E-state index in [1.165, 1.54) is 11.8 Å². The normalized spacial score (nSPS) is 11.0. The molecule has 158 valence electrons. The van der Waals surface area contributed by atoms with Crippen LogP contribution < -0.4 is 0 Å². The van der Waals surface area contributed by atoms with Gasteiger partial charge in [0.15, 0.2) is 10.9 Å². The predicted octanol–water partition coefficient (Wildman–Crippen LogP) is 4.20. The molecule has 0 aliphatic heterocycles. The molecule has 0 saturated heterocycles. The fraction of sp³-hybridized carbons (Fsp3) is 0.217.